The summed E-state index contributed by atoms with van der Waals surface area (Å²) in [4.78, 5) is 15.1. The molecule has 96 valence electrons. The number of carbonyl (C=O) groups is 1. The fourth-order valence-corrected chi connectivity index (χ4v) is 1.56. The summed E-state index contributed by atoms with van der Waals surface area (Å²) < 4.78 is 35.8. The molecule has 0 aliphatic carbocycles. The average Bonchev–Trinajstić information content (AvgIpc) is 2.72. The summed E-state index contributed by atoms with van der Waals surface area (Å²) in [6.07, 6.45) is -7.34. The Morgan fingerprint density at radius 1 is 1.65 bits per heavy atom. The molecule has 9 heteroatoms. The van der Waals surface area contributed by atoms with Crippen LogP contribution in [0.4, 0.5) is 13.2 Å². The van der Waals surface area contributed by atoms with Gasteiger partial charge in [0, 0.05) is 11.9 Å². The second kappa shape index (κ2) is 5.43. The summed E-state index contributed by atoms with van der Waals surface area (Å²) in [5.74, 6) is -0.774. The number of alkyl halides is 3. The van der Waals surface area contributed by atoms with Crippen molar-refractivity contribution in [2.45, 2.75) is 18.8 Å². The van der Waals surface area contributed by atoms with Crippen molar-refractivity contribution >= 4 is 17.2 Å². The van der Waals surface area contributed by atoms with E-state index in [4.69, 9.17) is 10.8 Å². The summed E-state index contributed by atoms with van der Waals surface area (Å²) in [5.41, 5.74) is 5.26. The van der Waals surface area contributed by atoms with Gasteiger partial charge in [0.05, 0.1) is 6.54 Å². The van der Waals surface area contributed by atoms with Crippen molar-refractivity contribution in [1.29, 1.82) is 0 Å². The molecule has 1 aromatic rings. The lowest BCUT2D eigenvalue weighted by Crippen LogP contribution is -2.40. The average molecular weight is 269 g/mol. The summed E-state index contributed by atoms with van der Waals surface area (Å²) in [5, 5.41) is 12.5. The van der Waals surface area contributed by atoms with Gasteiger partial charge in [-0.05, 0) is 0 Å². The number of amides is 1. The Labute approximate surface area is 98.5 Å². The molecule has 4 N–H and O–H groups in total. The van der Waals surface area contributed by atoms with E-state index in [1.165, 1.54) is 5.38 Å². The molecule has 1 unspecified atom stereocenters. The van der Waals surface area contributed by atoms with Crippen LogP contribution in [0, 0.1) is 0 Å². The minimum atomic E-state index is -4.75. The van der Waals surface area contributed by atoms with Crippen molar-refractivity contribution in [1.82, 2.24) is 10.3 Å². The molecule has 0 aliphatic rings. The molecule has 0 fully saturated rings. The molecule has 1 amide bonds. The van der Waals surface area contributed by atoms with Crippen molar-refractivity contribution in [2.75, 3.05) is 6.54 Å². The summed E-state index contributed by atoms with van der Waals surface area (Å²) >= 11 is 1.14. The first kappa shape index (κ1) is 13.9. The van der Waals surface area contributed by atoms with Crippen molar-refractivity contribution in [3.63, 3.8) is 0 Å². The lowest BCUT2D eigenvalue weighted by molar-refractivity contribution is -0.201. The topological polar surface area (TPSA) is 88.2 Å². The molecule has 0 spiro atoms. The zero-order chi connectivity index (χ0) is 13.1. The maximum atomic E-state index is 11.9. The minimum absolute atomic E-state index is 0.00942. The van der Waals surface area contributed by atoms with Gasteiger partial charge in [0.1, 0.15) is 10.7 Å². The third-order valence-electron chi connectivity index (χ3n) is 1.79. The van der Waals surface area contributed by atoms with Gasteiger partial charge in [-0.2, -0.15) is 13.2 Å². The smallest absolute Gasteiger partial charge is 0.382 e. The third-order valence-corrected chi connectivity index (χ3v) is 2.66. The van der Waals surface area contributed by atoms with E-state index in [2.05, 4.69) is 4.98 Å². The molecular formula is C8H10F3N3O2S. The Hall–Kier alpha value is -1.19. The highest BCUT2D eigenvalue weighted by Crippen LogP contribution is 2.19. The van der Waals surface area contributed by atoms with Gasteiger partial charge in [0.15, 0.2) is 6.10 Å². The molecule has 1 atom stereocenters. The quantitative estimate of drug-likeness (QED) is 0.731. The van der Waals surface area contributed by atoms with E-state index in [9.17, 15) is 18.0 Å². The second-order valence-corrected chi connectivity index (χ2v) is 4.04. The highest BCUT2D eigenvalue weighted by molar-refractivity contribution is 7.09. The van der Waals surface area contributed by atoms with Crippen molar-refractivity contribution in [3.8, 4) is 0 Å². The first-order valence-corrected chi connectivity index (χ1v) is 5.40. The first-order valence-electron chi connectivity index (χ1n) is 4.52. The Morgan fingerprint density at radius 2 is 2.29 bits per heavy atom. The van der Waals surface area contributed by atoms with E-state index in [-0.39, 0.29) is 12.2 Å². The van der Waals surface area contributed by atoms with E-state index in [0.29, 0.717) is 5.01 Å². The number of carbonyl (C=O) groups excluding carboxylic acids is 1. The largest absolute Gasteiger partial charge is 0.416 e. The molecule has 0 aliphatic heterocycles. The predicted molar refractivity (Wildman–Crippen MR) is 54.4 cm³/mol. The van der Waals surface area contributed by atoms with Crippen molar-refractivity contribution in [2.24, 2.45) is 5.73 Å². The number of aliphatic hydroxyl groups is 1. The Bertz CT molecular complexity index is 394. The van der Waals surface area contributed by atoms with E-state index < -0.39 is 24.7 Å². The van der Waals surface area contributed by atoms with Crippen LogP contribution in [-0.4, -0.2) is 34.8 Å². The zero-order valence-corrected chi connectivity index (χ0v) is 9.31. The van der Waals surface area contributed by atoms with Gasteiger partial charge in [0.2, 0.25) is 0 Å². The van der Waals surface area contributed by atoms with E-state index in [1.54, 1.807) is 0 Å². The number of halogens is 3. The standard InChI is InChI=1S/C8H10F3N3O2S/c9-8(10,11)5(15)2-13-7(16)4-3-17-6(1-12)14-4/h3,5,15H,1-2,12H2,(H,13,16). The molecule has 0 radical (unpaired) electrons. The monoisotopic (exact) mass is 269 g/mol. The lowest BCUT2D eigenvalue weighted by Gasteiger charge is -2.14. The normalized spacial score (nSPS) is 13.5. The SMILES string of the molecule is NCc1nc(C(=O)NCC(O)C(F)(F)F)cs1. The Balaban J connectivity index is 2.50. The number of hydrogen-bond donors (Lipinski definition) is 3. The Morgan fingerprint density at radius 3 is 2.76 bits per heavy atom. The summed E-state index contributed by atoms with van der Waals surface area (Å²) in [6.45, 7) is -0.749. The van der Waals surface area contributed by atoms with Crippen LogP contribution in [0.1, 0.15) is 15.5 Å². The number of hydrogen-bond acceptors (Lipinski definition) is 5. The molecule has 17 heavy (non-hydrogen) atoms. The van der Waals surface area contributed by atoms with Crippen LogP contribution >= 0.6 is 11.3 Å². The van der Waals surface area contributed by atoms with Gasteiger partial charge >= 0.3 is 6.18 Å². The van der Waals surface area contributed by atoms with Gasteiger partial charge < -0.3 is 16.2 Å². The number of nitrogens with one attached hydrogen (secondary N) is 1. The minimum Gasteiger partial charge on any atom is -0.382 e. The molecule has 1 rings (SSSR count). The number of aromatic nitrogens is 1. The predicted octanol–water partition coefficient (Wildman–Crippen LogP) is 0.255. The summed E-state index contributed by atoms with van der Waals surface area (Å²) in [7, 11) is 0. The number of nitrogens with zero attached hydrogens (tertiary/aromatic N) is 1. The van der Waals surface area contributed by atoms with Crippen LogP contribution in [0.3, 0.4) is 0 Å². The lowest BCUT2D eigenvalue weighted by atomic mass is 10.3. The highest BCUT2D eigenvalue weighted by Gasteiger charge is 2.38. The van der Waals surface area contributed by atoms with Crippen molar-refractivity contribution in [3.05, 3.63) is 16.1 Å². The molecule has 0 aromatic carbocycles. The Kier molecular flexibility index (Phi) is 4.43. The maximum Gasteiger partial charge on any atom is 0.416 e. The molecular weight excluding hydrogens is 259 g/mol. The molecule has 0 saturated carbocycles. The maximum absolute atomic E-state index is 11.9. The molecule has 0 saturated heterocycles. The van der Waals surface area contributed by atoms with Gasteiger partial charge in [-0.1, -0.05) is 0 Å². The van der Waals surface area contributed by atoms with Gasteiger partial charge in [0.25, 0.3) is 5.91 Å². The zero-order valence-electron chi connectivity index (χ0n) is 8.49. The van der Waals surface area contributed by atoms with Crippen LogP contribution in [-0.2, 0) is 6.54 Å². The molecule has 1 heterocycles. The molecule has 1 aromatic heterocycles. The third kappa shape index (κ3) is 3.95. The van der Waals surface area contributed by atoms with Gasteiger partial charge in [-0.3, -0.25) is 4.79 Å². The fourth-order valence-electron chi connectivity index (χ4n) is 0.905. The van der Waals surface area contributed by atoms with E-state index >= 15 is 0 Å². The first-order chi connectivity index (χ1) is 7.84. The van der Waals surface area contributed by atoms with Crippen molar-refractivity contribution < 1.29 is 23.1 Å². The number of rotatable bonds is 4. The van der Waals surface area contributed by atoms with Crippen LogP contribution in [0.2, 0.25) is 0 Å². The highest BCUT2D eigenvalue weighted by atomic mass is 32.1. The fraction of sp³-hybridized carbons (Fsp3) is 0.500. The number of aliphatic hydroxyl groups excluding tert-OH is 1. The van der Waals surface area contributed by atoms with Crippen LogP contribution in [0.15, 0.2) is 5.38 Å². The van der Waals surface area contributed by atoms with Crippen LogP contribution in [0.5, 0.6) is 0 Å². The van der Waals surface area contributed by atoms with Crippen LogP contribution < -0.4 is 11.1 Å². The second-order valence-electron chi connectivity index (χ2n) is 3.10. The summed E-state index contributed by atoms with van der Waals surface area (Å²) in [6, 6.07) is 0. The van der Waals surface area contributed by atoms with Gasteiger partial charge in [-0.25, -0.2) is 4.98 Å². The number of thiazole rings is 1. The van der Waals surface area contributed by atoms with E-state index in [0.717, 1.165) is 11.3 Å². The van der Waals surface area contributed by atoms with E-state index in [1.807, 2.05) is 5.32 Å². The van der Waals surface area contributed by atoms with Gasteiger partial charge in [-0.15, -0.1) is 11.3 Å². The molecule has 5 nitrogen and oxygen atoms in total. The molecule has 0 bridgehead atoms. The van der Waals surface area contributed by atoms with Crippen LogP contribution in [0.25, 0.3) is 0 Å². The number of nitrogens with two attached hydrogens (primary N) is 1.